The Morgan fingerprint density at radius 1 is 1.25 bits per heavy atom. The Bertz CT molecular complexity index is 231. The molecule has 0 unspecified atom stereocenters. The van der Waals surface area contributed by atoms with Crippen molar-refractivity contribution < 1.29 is 22.6 Å². The van der Waals surface area contributed by atoms with E-state index >= 15 is 0 Å². The Morgan fingerprint density at radius 2 is 1.75 bits per heavy atom. The first-order valence-corrected chi connectivity index (χ1v) is 5.16. The van der Waals surface area contributed by atoms with E-state index < -0.39 is 0 Å². The van der Waals surface area contributed by atoms with E-state index in [1.807, 2.05) is 6.08 Å². The molecule has 0 saturated carbocycles. The number of halogens is 2. The predicted molar refractivity (Wildman–Crippen MR) is 46.6 cm³/mol. The normalized spacial score (nSPS) is 9.33. The van der Waals surface area contributed by atoms with Crippen molar-refractivity contribution in [2.24, 2.45) is 0 Å². The van der Waals surface area contributed by atoms with E-state index in [1.54, 1.807) is 18.2 Å². The maximum absolute atomic E-state index is 12.3. The molecule has 0 aromatic heterocycles. The fraction of sp³-hybridized carbons (Fsp3) is 0. The van der Waals surface area contributed by atoms with Gasteiger partial charge < -0.3 is 0 Å². The first-order chi connectivity index (χ1) is 5.83. The van der Waals surface area contributed by atoms with E-state index in [2.05, 4.69) is 34.6 Å². The fourth-order valence-electron chi connectivity index (χ4n) is 0.710. The van der Waals surface area contributed by atoms with Crippen molar-refractivity contribution in [3.05, 3.63) is 48.6 Å². The van der Waals surface area contributed by atoms with Gasteiger partial charge in [0.1, 0.15) is 5.82 Å². The van der Waals surface area contributed by atoms with Crippen LogP contribution < -0.4 is 0 Å². The third kappa shape index (κ3) is 4.56. The van der Waals surface area contributed by atoms with Gasteiger partial charge in [-0.2, -0.15) is 0 Å². The molecule has 68 valence electrons. The number of benzene rings is 1. The molecule has 0 radical (unpaired) electrons. The summed E-state index contributed by atoms with van der Waals surface area (Å²) in [4.78, 5) is 0. The third-order valence-electron chi connectivity index (χ3n) is 1.18. The monoisotopic (exact) mass is 276 g/mol. The number of allylic oxidation sites excluding steroid dienone is 1. The molecular formula is C9H8ClFPd. The van der Waals surface area contributed by atoms with Gasteiger partial charge in [0.15, 0.2) is 0 Å². The molecule has 0 heterocycles. The average Bonchev–Trinajstić information content (AvgIpc) is 2.13. The molecule has 0 nitrogen and oxygen atoms in total. The predicted octanol–water partition coefficient (Wildman–Crippen LogP) is 3.36. The Morgan fingerprint density at radius 3 is 2.17 bits per heavy atom. The Kier molecular flexibility index (Phi) is 7.19. The standard InChI is InChI=1S/C9H8F.ClH.Pd/c1-2-3-8-4-6-9(10)7-5-8;;/h2-7H,1H2;1H;/q-1;;+2/p-1. The summed E-state index contributed by atoms with van der Waals surface area (Å²) >= 11 is 2.22. The van der Waals surface area contributed by atoms with E-state index in [4.69, 9.17) is 0 Å². The van der Waals surface area contributed by atoms with Crippen LogP contribution in [-0.2, 0) is 18.2 Å². The van der Waals surface area contributed by atoms with Gasteiger partial charge in [0.05, 0.1) is 0 Å². The van der Waals surface area contributed by atoms with Crippen molar-refractivity contribution in [3.8, 4) is 0 Å². The van der Waals surface area contributed by atoms with Crippen molar-refractivity contribution in [2.75, 3.05) is 0 Å². The molecule has 0 saturated heterocycles. The zero-order chi connectivity index (χ0) is 9.40. The number of hydrogen-bond acceptors (Lipinski definition) is 0. The van der Waals surface area contributed by atoms with Crippen LogP contribution in [0.2, 0.25) is 0 Å². The first-order valence-electron chi connectivity index (χ1n) is 3.16. The zero-order valence-corrected chi connectivity index (χ0v) is 8.55. The van der Waals surface area contributed by atoms with Gasteiger partial charge in [0, 0.05) is 0 Å². The summed E-state index contributed by atoms with van der Waals surface area (Å²) in [5.41, 5.74) is 0.969. The summed E-state index contributed by atoms with van der Waals surface area (Å²) in [5, 5.41) is 0. The molecular weight excluding hydrogens is 269 g/mol. The van der Waals surface area contributed by atoms with Crippen LogP contribution in [0.1, 0.15) is 5.56 Å². The van der Waals surface area contributed by atoms with Crippen LogP contribution in [0.4, 0.5) is 4.39 Å². The van der Waals surface area contributed by atoms with Crippen LogP contribution in [0.5, 0.6) is 0 Å². The molecule has 0 fully saturated rings. The van der Waals surface area contributed by atoms with Crippen LogP contribution >= 0.6 is 9.53 Å². The molecule has 0 aliphatic rings. The van der Waals surface area contributed by atoms with E-state index in [0.29, 0.717) is 0 Å². The van der Waals surface area contributed by atoms with Crippen molar-refractivity contribution in [2.45, 2.75) is 0 Å². The SMILES string of the molecule is [CH2-]C=Cc1ccc(F)cc1.[Cl][Pd+]. The molecule has 1 aromatic rings. The summed E-state index contributed by atoms with van der Waals surface area (Å²) in [6.45, 7) is 3.53. The zero-order valence-electron chi connectivity index (χ0n) is 6.24. The van der Waals surface area contributed by atoms with Gasteiger partial charge in [0.25, 0.3) is 0 Å². The van der Waals surface area contributed by atoms with Gasteiger partial charge in [-0.1, -0.05) is 12.1 Å². The van der Waals surface area contributed by atoms with Crippen LogP contribution in [0, 0.1) is 12.7 Å². The Balaban J connectivity index is 0.000000561. The molecule has 0 aliphatic heterocycles. The second-order valence-corrected chi connectivity index (χ2v) is 1.95. The van der Waals surface area contributed by atoms with Crippen LogP contribution in [-0.4, -0.2) is 0 Å². The molecule has 0 spiro atoms. The molecule has 12 heavy (non-hydrogen) atoms. The van der Waals surface area contributed by atoms with Gasteiger partial charge in [-0.05, 0) is 12.1 Å². The fourth-order valence-corrected chi connectivity index (χ4v) is 0.710. The van der Waals surface area contributed by atoms with Crippen molar-refractivity contribution in [1.29, 1.82) is 0 Å². The van der Waals surface area contributed by atoms with E-state index in [-0.39, 0.29) is 5.82 Å². The number of rotatable bonds is 1. The first kappa shape index (κ1) is 11.7. The van der Waals surface area contributed by atoms with Crippen molar-refractivity contribution >= 4 is 15.6 Å². The number of hydrogen-bond donors (Lipinski definition) is 0. The van der Waals surface area contributed by atoms with E-state index in [0.717, 1.165) is 5.56 Å². The van der Waals surface area contributed by atoms with Gasteiger partial charge in [0.2, 0.25) is 0 Å². The van der Waals surface area contributed by atoms with Crippen LogP contribution in [0.15, 0.2) is 30.3 Å². The second kappa shape index (κ2) is 7.37. The summed E-state index contributed by atoms with van der Waals surface area (Å²) in [6, 6.07) is 6.26. The van der Waals surface area contributed by atoms with Crippen molar-refractivity contribution in [1.82, 2.24) is 0 Å². The molecule has 0 aliphatic carbocycles. The molecule has 1 aromatic carbocycles. The Labute approximate surface area is 86.8 Å². The van der Waals surface area contributed by atoms with Crippen LogP contribution in [0.25, 0.3) is 6.08 Å². The summed E-state index contributed by atoms with van der Waals surface area (Å²) in [7, 11) is 4.49. The maximum atomic E-state index is 12.3. The Hall–Kier alpha value is -0.288. The summed E-state index contributed by atoms with van der Waals surface area (Å²) in [5.74, 6) is -0.207. The van der Waals surface area contributed by atoms with Gasteiger partial charge >= 0.3 is 27.7 Å². The van der Waals surface area contributed by atoms with Gasteiger partial charge in [-0.3, -0.25) is 0 Å². The second-order valence-electron chi connectivity index (χ2n) is 1.95. The minimum atomic E-state index is -0.207. The summed E-state index contributed by atoms with van der Waals surface area (Å²) < 4.78 is 12.3. The molecule has 0 amide bonds. The van der Waals surface area contributed by atoms with Gasteiger partial charge in [-0.25, -0.2) is 23.5 Å². The minimum absolute atomic E-state index is 0.207. The molecule has 0 N–H and O–H groups in total. The molecule has 3 heteroatoms. The molecule has 0 atom stereocenters. The van der Waals surface area contributed by atoms with Crippen LogP contribution in [0.3, 0.4) is 0 Å². The topological polar surface area (TPSA) is 0 Å². The van der Waals surface area contributed by atoms with E-state index in [9.17, 15) is 4.39 Å². The van der Waals surface area contributed by atoms with E-state index in [1.165, 1.54) is 12.1 Å². The third-order valence-corrected chi connectivity index (χ3v) is 1.18. The molecule has 0 bridgehead atoms. The molecule has 1 rings (SSSR count). The average molecular weight is 277 g/mol. The quantitative estimate of drug-likeness (QED) is 0.545. The van der Waals surface area contributed by atoms with Crippen molar-refractivity contribution in [3.63, 3.8) is 0 Å². The van der Waals surface area contributed by atoms with Gasteiger partial charge in [-0.15, -0.1) is 5.56 Å². The summed E-state index contributed by atoms with van der Waals surface area (Å²) in [6.07, 6.45) is 3.49.